The van der Waals surface area contributed by atoms with Crippen molar-refractivity contribution in [2.45, 2.75) is 32.1 Å². The van der Waals surface area contributed by atoms with Gasteiger partial charge in [-0.15, -0.1) is 0 Å². The Bertz CT molecular complexity index is 640. The number of aromatic amines is 1. The topological polar surface area (TPSA) is 44.9 Å². The van der Waals surface area contributed by atoms with E-state index in [1.165, 1.54) is 25.7 Å². The second-order valence-electron chi connectivity index (χ2n) is 6.68. The van der Waals surface area contributed by atoms with Crippen LogP contribution in [0, 0.1) is 17.8 Å². The van der Waals surface area contributed by atoms with Gasteiger partial charge in [0.25, 0.3) is 0 Å². The molecule has 1 aromatic carbocycles. The molecule has 1 amide bonds. The van der Waals surface area contributed by atoms with E-state index in [1.807, 2.05) is 24.4 Å². The zero-order chi connectivity index (χ0) is 14.2. The normalized spacial score (nSPS) is 18.3. The molecule has 0 bridgehead atoms. The van der Waals surface area contributed by atoms with E-state index in [1.54, 1.807) is 0 Å². The van der Waals surface area contributed by atoms with Crippen LogP contribution >= 0.6 is 0 Å². The Morgan fingerprint density at radius 1 is 1.19 bits per heavy atom. The van der Waals surface area contributed by atoms with Gasteiger partial charge in [0, 0.05) is 23.6 Å². The first kappa shape index (κ1) is 12.9. The summed E-state index contributed by atoms with van der Waals surface area (Å²) in [5.41, 5.74) is 2.20. The summed E-state index contributed by atoms with van der Waals surface area (Å²) < 4.78 is 0. The lowest BCUT2D eigenvalue weighted by Crippen LogP contribution is -2.32. The van der Waals surface area contributed by atoms with Crippen LogP contribution in [0.3, 0.4) is 0 Å². The average Bonchev–Trinajstić information content (AvgIpc) is 3.40. The van der Waals surface area contributed by atoms with Gasteiger partial charge in [-0.1, -0.05) is 18.2 Å². The fourth-order valence-electron chi connectivity index (χ4n) is 3.51. The number of aromatic nitrogens is 1. The standard InChI is InChI=1S/C18H22N2O/c21-18(20-11-16(12-5-6-12)13-7-8-13)9-14-10-19-17-4-2-1-3-15(14)17/h1-4,10,12-13,16,19H,5-9,11H2,(H,20,21). The minimum absolute atomic E-state index is 0.158. The third-order valence-electron chi connectivity index (χ3n) is 5.02. The number of rotatable bonds is 6. The fraction of sp³-hybridized carbons (Fsp3) is 0.500. The van der Waals surface area contributed by atoms with Gasteiger partial charge < -0.3 is 10.3 Å². The molecule has 1 aromatic heterocycles. The van der Waals surface area contributed by atoms with Gasteiger partial charge in [-0.05, 0) is 55.1 Å². The van der Waals surface area contributed by atoms with E-state index >= 15 is 0 Å². The van der Waals surface area contributed by atoms with E-state index in [2.05, 4.69) is 16.4 Å². The minimum Gasteiger partial charge on any atom is -0.361 e. The number of carbonyl (C=O) groups is 1. The predicted molar refractivity (Wildman–Crippen MR) is 84.0 cm³/mol. The summed E-state index contributed by atoms with van der Waals surface area (Å²) in [6.45, 7) is 0.885. The Morgan fingerprint density at radius 2 is 1.90 bits per heavy atom. The molecule has 110 valence electrons. The summed E-state index contributed by atoms with van der Waals surface area (Å²) in [6, 6.07) is 8.16. The molecule has 2 N–H and O–H groups in total. The van der Waals surface area contributed by atoms with Crippen molar-refractivity contribution >= 4 is 16.8 Å². The van der Waals surface area contributed by atoms with Gasteiger partial charge in [-0.3, -0.25) is 4.79 Å². The van der Waals surface area contributed by atoms with Gasteiger partial charge in [0.2, 0.25) is 5.91 Å². The van der Waals surface area contributed by atoms with Gasteiger partial charge in [-0.2, -0.15) is 0 Å². The number of benzene rings is 1. The maximum absolute atomic E-state index is 12.2. The van der Waals surface area contributed by atoms with E-state index in [-0.39, 0.29) is 5.91 Å². The average molecular weight is 282 g/mol. The number of para-hydroxylation sites is 1. The van der Waals surface area contributed by atoms with Crippen molar-refractivity contribution in [2.24, 2.45) is 17.8 Å². The third kappa shape index (κ3) is 2.82. The molecule has 21 heavy (non-hydrogen) atoms. The first-order valence-electron chi connectivity index (χ1n) is 8.13. The highest BCUT2D eigenvalue weighted by Crippen LogP contribution is 2.48. The van der Waals surface area contributed by atoms with Crippen molar-refractivity contribution in [3.05, 3.63) is 36.0 Å². The molecule has 4 rings (SSSR count). The highest BCUT2D eigenvalue weighted by atomic mass is 16.1. The van der Waals surface area contributed by atoms with Gasteiger partial charge in [0.15, 0.2) is 0 Å². The number of amides is 1. The van der Waals surface area contributed by atoms with Crippen LogP contribution in [0.4, 0.5) is 0 Å². The van der Waals surface area contributed by atoms with Crippen molar-refractivity contribution in [3.8, 4) is 0 Å². The SMILES string of the molecule is O=C(Cc1c[nH]c2ccccc12)NCC(C1CC1)C1CC1. The number of nitrogens with one attached hydrogen (secondary N) is 2. The molecule has 2 aromatic rings. The Hall–Kier alpha value is -1.77. The second-order valence-corrected chi connectivity index (χ2v) is 6.68. The van der Waals surface area contributed by atoms with E-state index in [0.29, 0.717) is 6.42 Å². The lowest BCUT2D eigenvalue weighted by Gasteiger charge is -2.16. The van der Waals surface area contributed by atoms with Crippen molar-refractivity contribution in [3.63, 3.8) is 0 Å². The predicted octanol–water partition coefficient (Wildman–Crippen LogP) is 3.26. The fourth-order valence-corrected chi connectivity index (χ4v) is 3.51. The molecule has 3 heteroatoms. The molecule has 0 saturated heterocycles. The van der Waals surface area contributed by atoms with Crippen LogP contribution in [-0.2, 0) is 11.2 Å². The Morgan fingerprint density at radius 3 is 2.62 bits per heavy atom. The molecule has 2 aliphatic rings. The van der Waals surface area contributed by atoms with E-state index in [4.69, 9.17) is 0 Å². The van der Waals surface area contributed by atoms with Crippen molar-refractivity contribution in [2.75, 3.05) is 6.54 Å². The van der Waals surface area contributed by atoms with Crippen molar-refractivity contribution in [1.29, 1.82) is 0 Å². The first-order chi connectivity index (χ1) is 10.3. The molecular formula is C18H22N2O. The number of H-pyrrole nitrogens is 1. The monoisotopic (exact) mass is 282 g/mol. The summed E-state index contributed by atoms with van der Waals surface area (Å²) in [4.78, 5) is 15.5. The van der Waals surface area contributed by atoms with Crippen LogP contribution in [0.25, 0.3) is 10.9 Å². The Kier molecular flexibility index (Phi) is 3.21. The quantitative estimate of drug-likeness (QED) is 0.839. The molecule has 0 unspecified atom stereocenters. The number of hydrogen-bond donors (Lipinski definition) is 2. The van der Waals surface area contributed by atoms with Gasteiger partial charge >= 0.3 is 0 Å². The summed E-state index contributed by atoms with van der Waals surface area (Å²) in [6.07, 6.45) is 7.94. The third-order valence-corrected chi connectivity index (χ3v) is 5.02. The van der Waals surface area contributed by atoms with E-state index in [0.717, 1.165) is 40.8 Å². The lowest BCUT2D eigenvalue weighted by atomic mass is 9.98. The lowest BCUT2D eigenvalue weighted by molar-refractivity contribution is -0.120. The molecular weight excluding hydrogens is 260 g/mol. The summed E-state index contributed by atoms with van der Waals surface area (Å²) in [5.74, 6) is 2.69. The molecule has 3 nitrogen and oxygen atoms in total. The molecule has 0 aliphatic heterocycles. The molecule has 0 spiro atoms. The molecule has 2 aliphatic carbocycles. The van der Waals surface area contributed by atoms with Crippen LogP contribution < -0.4 is 5.32 Å². The Balaban J connectivity index is 1.37. The summed E-state index contributed by atoms with van der Waals surface area (Å²) in [5, 5.41) is 4.34. The van der Waals surface area contributed by atoms with Crippen LogP contribution in [0.15, 0.2) is 30.5 Å². The zero-order valence-corrected chi connectivity index (χ0v) is 12.3. The van der Waals surface area contributed by atoms with E-state index in [9.17, 15) is 4.79 Å². The molecule has 0 radical (unpaired) electrons. The van der Waals surface area contributed by atoms with Gasteiger partial charge in [-0.25, -0.2) is 0 Å². The minimum atomic E-state index is 0.158. The molecule has 0 atom stereocenters. The van der Waals surface area contributed by atoms with Crippen LogP contribution in [0.5, 0.6) is 0 Å². The number of fused-ring (bicyclic) bond motifs is 1. The zero-order valence-electron chi connectivity index (χ0n) is 12.3. The largest absolute Gasteiger partial charge is 0.361 e. The van der Waals surface area contributed by atoms with Crippen LogP contribution in [0.2, 0.25) is 0 Å². The van der Waals surface area contributed by atoms with E-state index < -0.39 is 0 Å². The second kappa shape index (κ2) is 5.21. The van der Waals surface area contributed by atoms with Crippen LogP contribution in [-0.4, -0.2) is 17.4 Å². The van der Waals surface area contributed by atoms with Crippen molar-refractivity contribution < 1.29 is 4.79 Å². The van der Waals surface area contributed by atoms with Gasteiger partial charge in [0.05, 0.1) is 6.42 Å². The first-order valence-corrected chi connectivity index (χ1v) is 8.13. The van der Waals surface area contributed by atoms with Crippen molar-refractivity contribution in [1.82, 2.24) is 10.3 Å². The Labute approximate surface area is 125 Å². The maximum atomic E-state index is 12.2. The van der Waals surface area contributed by atoms with Gasteiger partial charge in [0.1, 0.15) is 0 Å². The molecule has 1 heterocycles. The summed E-state index contributed by atoms with van der Waals surface area (Å²) >= 11 is 0. The number of hydrogen-bond acceptors (Lipinski definition) is 1. The molecule has 2 fully saturated rings. The highest BCUT2D eigenvalue weighted by Gasteiger charge is 2.41. The number of carbonyl (C=O) groups excluding carboxylic acids is 1. The van der Waals surface area contributed by atoms with Crippen LogP contribution in [0.1, 0.15) is 31.2 Å². The highest BCUT2D eigenvalue weighted by molar-refractivity contribution is 5.88. The molecule has 2 saturated carbocycles. The maximum Gasteiger partial charge on any atom is 0.224 e. The smallest absolute Gasteiger partial charge is 0.224 e. The summed E-state index contributed by atoms with van der Waals surface area (Å²) in [7, 11) is 0.